The maximum absolute atomic E-state index is 12.7. The molecule has 1 heterocycles. The molecule has 5 nitrogen and oxygen atoms in total. The van der Waals surface area contributed by atoms with Crippen molar-refractivity contribution in [2.75, 3.05) is 12.9 Å². The molecule has 0 aliphatic carbocycles. The third kappa shape index (κ3) is 4.77. The summed E-state index contributed by atoms with van der Waals surface area (Å²) in [7, 11) is 1.63. The van der Waals surface area contributed by atoms with Gasteiger partial charge >= 0.3 is 0 Å². The number of halogens is 2. The predicted molar refractivity (Wildman–Crippen MR) is 125 cm³/mol. The molecule has 0 atom stereocenters. The topological polar surface area (TPSA) is 57.0 Å². The summed E-state index contributed by atoms with van der Waals surface area (Å²) < 4.78 is 7.18. The van der Waals surface area contributed by atoms with Crippen molar-refractivity contribution in [2.45, 2.75) is 5.16 Å². The van der Waals surface area contributed by atoms with Crippen molar-refractivity contribution in [3.05, 3.63) is 88.4 Å². The fraction of sp³-hybridized carbons (Fsp3) is 0.0870. The van der Waals surface area contributed by atoms with Gasteiger partial charge in [0, 0.05) is 16.8 Å². The molecule has 0 saturated carbocycles. The summed E-state index contributed by atoms with van der Waals surface area (Å²) in [6.07, 6.45) is 0. The summed E-state index contributed by atoms with van der Waals surface area (Å²) in [5, 5.41) is 10.1. The van der Waals surface area contributed by atoms with Gasteiger partial charge in [0.1, 0.15) is 5.75 Å². The van der Waals surface area contributed by atoms with Crippen molar-refractivity contribution in [1.82, 2.24) is 14.8 Å². The largest absolute Gasteiger partial charge is 0.497 e. The molecule has 0 bridgehead atoms. The van der Waals surface area contributed by atoms with E-state index in [1.807, 2.05) is 59.2 Å². The summed E-state index contributed by atoms with van der Waals surface area (Å²) in [6.45, 7) is 0. The number of para-hydroxylation sites is 1. The van der Waals surface area contributed by atoms with Gasteiger partial charge in [0.2, 0.25) is 0 Å². The molecule has 0 unspecified atom stereocenters. The molecular weight excluding hydrogens is 453 g/mol. The van der Waals surface area contributed by atoms with Crippen LogP contribution >= 0.6 is 35.0 Å². The highest BCUT2D eigenvalue weighted by atomic mass is 35.5. The minimum absolute atomic E-state index is 0.0721. The Hall–Kier alpha value is -2.80. The van der Waals surface area contributed by atoms with Crippen molar-refractivity contribution in [3.63, 3.8) is 0 Å². The van der Waals surface area contributed by atoms with Gasteiger partial charge in [-0.3, -0.25) is 9.36 Å². The third-order valence-electron chi connectivity index (χ3n) is 4.57. The van der Waals surface area contributed by atoms with E-state index in [1.54, 1.807) is 25.3 Å². The first-order chi connectivity index (χ1) is 15.1. The zero-order chi connectivity index (χ0) is 21.8. The molecule has 4 aromatic rings. The second-order valence-electron chi connectivity index (χ2n) is 6.55. The van der Waals surface area contributed by atoms with E-state index in [0.717, 1.165) is 17.0 Å². The van der Waals surface area contributed by atoms with E-state index in [0.29, 0.717) is 26.6 Å². The normalized spacial score (nSPS) is 10.8. The minimum Gasteiger partial charge on any atom is -0.497 e. The van der Waals surface area contributed by atoms with Crippen molar-refractivity contribution >= 4 is 40.7 Å². The standard InChI is InChI=1S/C23H17Cl2N3O2S/c1-30-18-10-7-15(8-11-18)22-26-27-23(28(22)17-5-3-2-4-6-17)31-14-21(29)16-9-12-19(24)20(25)13-16/h2-13H,14H2,1H3. The molecule has 0 fully saturated rings. The molecule has 0 amide bonds. The third-order valence-corrected chi connectivity index (χ3v) is 6.24. The molecule has 31 heavy (non-hydrogen) atoms. The lowest BCUT2D eigenvalue weighted by molar-refractivity contribution is 0.102. The van der Waals surface area contributed by atoms with Gasteiger partial charge in [-0.15, -0.1) is 10.2 Å². The van der Waals surface area contributed by atoms with Crippen LogP contribution in [0.3, 0.4) is 0 Å². The molecular formula is C23H17Cl2N3O2S. The number of ketones is 1. The first-order valence-electron chi connectivity index (χ1n) is 9.33. The molecule has 3 aromatic carbocycles. The number of hydrogen-bond donors (Lipinski definition) is 0. The summed E-state index contributed by atoms with van der Waals surface area (Å²) >= 11 is 13.3. The first kappa shape index (κ1) is 21.4. The first-order valence-corrected chi connectivity index (χ1v) is 11.1. The highest BCUT2D eigenvalue weighted by Gasteiger charge is 2.18. The lowest BCUT2D eigenvalue weighted by atomic mass is 10.1. The number of thioether (sulfide) groups is 1. The van der Waals surface area contributed by atoms with Crippen LogP contribution in [0.4, 0.5) is 0 Å². The Morgan fingerprint density at radius 2 is 1.71 bits per heavy atom. The van der Waals surface area contributed by atoms with Gasteiger partial charge < -0.3 is 4.74 Å². The molecule has 0 saturated heterocycles. The van der Waals surface area contributed by atoms with E-state index >= 15 is 0 Å². The van der Waals surface area contributed by atoms with Gasteiger partial charge in [0.05, 0.1) is 22.9 Å². The van der Waals surface area contributed by atoms with Crippen LogP contribution in [0.5, 0.6) is 5.75 Å². The quantitative estimate of drug-likeness (QED) is 0.237. The molecule has 0 radical (unpaired) electrons. The Balaban J connectivity index is 1.65. The fourth-order valence-electron chi connectivity index (χ4n) is 2.98. The number of methoxy groups -OCH3 is 1. The summed E-state index contributed by atoms with van der Waals surface area (Å²) in [5.41, 5.74) is 2.30. The molecule has 0 N–H and O–H groups in total. The van der Waals surface area contributed by atoms with E-state index in [4.69, 9.17) is 27.9 Å². The summed E-state index contributed by atoms with van der Waals surface area (Å²) in [5.74, 6) is 1.55. The molecule has 0 aliphatic heterocycles. The number of Topliss-reactive ketones (excluding diaryl/α,β-unsaturated/α-hetero) is 1. The second-order valence-corrected chi connectivity index (χ2v) is 8.30. The number of carbonyl (C=O) groups is 1. The predicted octanol–water partition coefficient (Wildman–Crippen LogP) is 6.22. The second kappa shape index (κ2) is 9.56. The monoisotopic (exact) mass is 469 g/mol. The van der Waals surface area contributed by atoms with E-state index in [9.17, 15) is 4.79 Å². The van der Waals surface area contributed by atoms with Gasteiger partial charge in [-0.25, -0.2) is 0 Å². The number of rotatable bonds is 7. The fourth-order valence-corrected chi connectivity index (χ4v) is 4.13. The number of benzene rings is 3. The van der Waals surface area contributed by atoms with Gasteiger partial charge in [-0.05, 0) is 54.6 Å². The number of hydrogen-bond acceptors (Lipinski definition) is 5. The van der Waals surface area contributed by atoms with Crippen LogP contribution in [-0.2, 0) is 0 Å². The van der Waals surface area contributed by atoms with Crippen LogP contribution in [0.1, 0.15) is 10.4 Å². The Morgan fingerprint density at radius 1 is 0.968 bits per heavy atom. The molecule has 0 spiro atoms. The molecule has 4 rings (SSSR count). The smallest absolute Gasteiger partial charge is 0.196 e. The van der Waals surface area contributed by atoms with E-state index in [-0.39, 0.29) is 11.5 Å². The van der Waals surface area contributed by atoms with Crippen molar-refractivity contribution in [2.24, 2.45) is 0 Å². The van der Waals surface area contributed by atoms with Crippen LogP contribution in [0.2, 0.25) is 10.0 Å². The van der Waals surface area contributed by atoms with Gasteiger partial charge in [-0.2, -0.15) is 0 Å². The highest BCUT2D eigenvalue weighted by Crippen LogP contribution is 2.30. The van der Waals surface area contributed by atoms with E-state index in [1.165, 1.54) is 11.8 Å². The summed E-state index contributed by atoms with van der Waals surface area (Å²) in [6, 6.07) is 22.3. The van der Waals surface area contributed by atoms with E-state index in [2.05, 4.69) is 10.2 Å². The van der Waals surface area contributed by atoms with Crippen LogP contribution in [-0.4, -0.2) is 33.4 Å². The minimum atomic E-state index is -0.0721. The van der Waals surface area contributed by atoms with Gasteiger partial charge in [-0.1, -0.05) is 53.2 Å². The van der Waals surface area contributed by atoms with Crippen molar-refractivity contribution in [3.8, 4) is 22.8 Å². The number of ether oxygens (including phenoxy) is 1. The molecule has 8 heteroatoms. The Morgan fingerprint density at radius 3 is 2.39 bits per heavy atom. The number of carbonyl (C=O) groups excluding carboxylic acids is 1. The van der Waals surface area contributed by atoms with Crippen molar-refractivity contribution < 1.29 is 9.53 Å². The van der Waals surface area contributed by atoms with Crippen LogP contribution < -0.4 is 4.74 Å². The van der Waals surface area contributed by atoms with Gasteiger partial charge in [0.25, 0.3) is 0 Å². The van der Waals surface area contributed by atoms with Crippen LogP contribution in [0, 0.1) is 0 Å². The van der Waals surface area contributed by atoms with Crippen molar-refractivity contribution in [1.29, 1.82) is 0 Å². The average molecular weight is 470 g/mol. The summed E-state index contributed by atoms with van der Waals surface area (Å²) in [4.78, 5) is 12.7. The zero-order valence-corrected chi connectivity index (χ0v) is 18.8. The molecule has 1 aromatic heterocycles. The van der Waals surface area contributed by atoms with Gasteiger partial charge in [0.15, 0.2) is 16.8 Å². The highest BCUT2D eigenvalue weighted by molar-refractivity contribution is 7.99. The lowest BCUT2D eigenvalue weighted by Gasteiger charge is -2.10. The zero-order valence-electron chi connectivity index (χ0n) is 16.5. The molecule has 0 aliphatic rings. The Bertz CT molecular complexity index is 1210. The maximum Gasteiger partial charge on any atom is 0.196 e. The Labute approximate surface area is 194 Å². The Kier molecular flexibility index (Phi) is 6.61. The van der Waals surface area contributed by atoms with E-state index < -0.39 is 0 Å². The average Bonchev–Trinajstić information content (AvgIpc) is 3.24. The van der Waals surface area contributed by atoms with Crippen LogP contribution in [0.25, 0.3) is 17.1 Å². The number of nitrogens with zero attached hydrogens (tertiary/aromatic N) is 3. The van der Waals surface area contributed by atoms with Crippen LogP contribution in [0.15, 0.2) is 78.0 Å². The lowest BCUT2D eigenvalue weighted by Crippen LogP contribution is -2.05. The SMILES string of the molecule is COc1ccc(-c2nnc(SCC(=O)c3ccc(Cl)c(Cl)c3)n2-c2ccccc2)cc1. The maximum atomic E-state index is 12.7. The molecule has 156 valence electrons. The number of aromatic nitrogens is 3.